The third-order valence-corrected chi connectivity index (χ3v) is 5.12. The molecule has 1 aromatic carbocycles. The molecule has 0 unspecified atom stereocenters. The zero-order chi connectivity index (χ0) is 22.5. The summed E-state index contributed by atoms with van der Waals surface area (Å²) in [5.74, 6) is -0.531. The van der Waals surface area contributed by atoms with E-state index in [2.05, 4.69) is 15.6 Å². The minimum absolute atomic E-state index is 0.0436. The molecule has 0 bridgehead atoms. The van der Waals surface area contributed by atoms with Gasteiger partial charge in [0.05, 0.1) is 12.5 Å². The first-order valence-electron chi connectivity index (χ1n) is 10.1. The highest BCUT2D eigenvalue weighted by molar-refractivity contribution is 5.91. The van der Waals surface area contributed by atoms with Crippen molar-refractivity contribution in [3.05, 3.63) is 62.4 Å². The summed E-state index contributed by atoms with van der Waals surface area (Å²) in [6.07, 6.45) is -0.248. The number of carbonyl (C=O) groups is 2. The van der Waals surface area contributed by atoms with E-state index >= 15 is 0 Å². The molecule has 1 fully saturated rings. The van der Waals surface area contributed by atoms with Gasteiger partial charge in [-0.05, 0) is 18.1 Å². The second-order valence-electron chi connectivity index (χ2n) is 7.43. The molecule has 4 N–H and O–H groups in total. The van der Waals surface area contributed by atoms with Crippen LogP contribution in [0, 0.1) is 0 Å². The molecule has 0 saturated carbocycles. The Morgan fingerprint density at radius 3 is 2.71 bits per heavy atom. The number of carbonyl (C=O) groups excluding carboxylic acids is 2. The Morgan fingerprint density at radius 2 is 2.00 bits per heavy atom. The molecule has 1 aliphatic heterocycles. The monoisotopic (exact) mass is 430 g/mol. The highest BCUT2D eigenvalue weighted by atomic mass is 16.5. The van der Waals surface area contributed by atoms with Gasteiger partial charge in [-0.3, -0.25) is 23.9 Å². The Kier molecular flexibility index (Phi) is 7.03. The molecule has 1 saturated heterocycles. The van der Waals surface area contributed by atoms with Crippen LogP contribution in [-0.2, 0) is 27.2 Å². The first-order chi connectivity index (χ1) is 14.8. The van der Waals surface area contributed by atoms with E-state index in [9.17, 15) is 24.3 Å². The number of rotatable bonds is 7. The number of aromatic amines is 1. The van der Waals surface area contributed by atoms with E-state index in [4.69, 9.17) is 4.74 Å². The third kappa shape index (κ3) is 5.47. The van der Waals surface area contributed by atoms with Crippen molar-refractivity contribution in [2.24, 2.45) is 0 Å². The van der Waals surface area contributed by atoms with E-state index in [1.54, 1.807) is 31.2 Å². The number of para-hydroxylation sites is 1. The number of ether oxygens (including phenoxy) is 1. The van der Waals surface area contributed by atoms with Crippen LogP contribution in [0.4, 0.5) is 5.69 Å². The van der Waals surface area contributed by atoms with Crippen molar-refractivity contribution in [1.82, 2.24) is 14.9 Å². The quantitative estimate of drug-likeness (QED) is 0.489. The maximum Gasteiger partial charge on any atom is 0.330 e. The van der Waals surface area contributed by atoms with E-state index < -0.39 is 29.7 Å². The number of nitrogens with one attached hydrogen (secondary N) is 3. The van der Waals surface area contributed by atoms with E-state index in [0.717, 1.165) is 0 Å². The standard InChI is InChI=1S/C21H26N4O6/c1-3-13-11-25(21(30)24-20(13)29)19-9-16(27)17(31-19)10-22-18(28)8-14-6-4-5-7-15(14)23-12(2)26/h4-7,11,16-17,19,27H,3,8-10H2,1-2H3,(H,22,28)(H,23,26)(H,24,29,30)/t16-,17+,19+/m0/s1. The lowest BCUT2D eigenvalue weighted by molar-refractivity contribution is -0.121. The highest BCUT2D eigenvalue weighted by Gasteiger charge is 2.35. The van der Waals surface area contributed by atoms with Crippen molar-refractivity contribution in [1.29, 1.82) is 0 Å². The molecule has 3 atom stereocenters. The molecule has 2 amide bonds. The first kappa shape index (κ1) is 22.4. The fraction of sp³-hybridized carbons (Fsp3) is 0.429. The second-order valence-corrected chi connectivity index (χ2v) is 7.43. The number of amides is 2. The lowest BCUT2D eigenvalue weighted by Crippen LogP contribution is -2.38. The average molecular weight is 430 g/mol. The predicted molar refractivity (Wildman–Crippen MR) is 113 cm³/mol. The summed E-state index contributed by atoms with van der Waals surface area (Å²) >= 11 is 0. The summed E-state index contributed by atoms with van der Waals surface area (Å²) in [4.78, 5) is 49.8. The van der Waals surface area contributed by atoms with E-state index in [-0.39, 0.29) is 31.2 Å². The van der Waals surface area contributed by atoms with Crippen LogP contribution < -0.4 is 21.9 Å². The number of benzene rings is 1. The van der Waals surface area contributed by atoms with Crippen molar-refractivity contribution in [3.63, 3.8) is 0 Å². The van der Waals surface area contributed by atoms with Crippen molar-refractivity contribution in [3.8, 4) is 0 Å². The number of hydrogen-bond donors (Lipinski definition) is 4. The number of hydrogen-bond acceptors (Lipinski definition) is 6. The van der Waals surface area contributed by atoms with Crippen LogP contribution in [0.1, 0.15) is 37.6 Å². The van der Waals surface area contributed by atoms with Crippen molar-refractivity contribution < 1.29 is 19.4 Å². The fourth-order valence-electron chi connectivity index (χ4n) is 3.50. The van der Waals surface area contributed by atoms with Gasteiger partial charge in [-0.2, -0.15) is 0 Å². The summed E-state index contributed by atoms with van der Waals surface area (Å²) in [7, 11) is 0. The van der Waals surface area contributed by atoms with E-state index in [1.165, 1.54) is 17.7 Å². The van der Waals surface area contributed by atoms with Crippen LogP contribution in [0.2, 0.25) is 0 Å². The lowest BCUT2D eigenvalue weighted by atomic mass is 10.1. The van der Waals surface area contributed by atoms with Gasteiger partial charge in [0.25, 0.3) is 5.56 Å². The van der Waals surface area contributed by atoms with Gasteiger partial charge in [-0.15, -0.1) is 0 Å². The van der Waals surface area contributed by atoms with Crippen LogP contribution in [0.3, 0.4) is 0 Å². The molecule has 0 spiro atoms. The number of anilines is 1. The van der Waals surface area contributed by atoms with Gasteiger partial charge in [-0.1, -0.05) is 25.1 Å². The molecular formula is C21H26N4O6. The molecule has 1 aliphatic rings. The number of aromatic nitrogens is 2. The predicted octanol–water partition coefficient (Wildman–Crippen LogP) is 0.0647. The minimum Gasteiger partial charge on any atom is -0.390 e. The number of nitrogens with zero attached hydrogens (tertiary/aromatic N) is 1. The van der Waals surface area contributed by atoms with Gasteiger partial charge < -0.3 is 20.5 Å². The molecular weight excluding hydrogens is 404 g/mol. The van der Waals surface area contributed by atoms with Gasteiger partial charge in [0.2, 0.25) is 11.8 Å². The highest BCUT2D eigenvalue weighted by Crippen LogP contribution is 2.27. The Balaban J connectivity index is 1.61. The van der Waals surface area contributed by atoms with Gasteiger partial charge in [0.1, 0.15) is 12.3 Å². The van der Waals surface area contributed by atoms with E-state index in [0.29, 0.717) is 23.2 Å². The molecule has 0 radical (unpaired) electrons. The number of aliphatic hydroxyl groups excluding tert-OH is 1. The molecule has 10 nitrogen and oxygen atoms in total. The molecule has 2 heterocycles. The summed E-state index contributed by atoms with van der Waals surface area (Å²) in [5, 5.41) is 15.7. The van der Waals surface area contributed by atoms with Gasteiger partial charge in [0, 0.05) is 37.3 Å². The molecule has 166 valence electrons. The van der Waals surface area contributed by atoms with E-state index in [1.807, 2.05) is 0 Å². The lowest BCUT2D eigenvalue weighted by Gasteiger charge is -2.17. The van der Waals surface area contributed by atoms with Gasteiger partial charge >= 0.3 is 5.69 Å². The Morgan fingerprint density at radius 1 is 1.26 bits per heavy atom. The average Bonchev–Trinajstić information content (AvgIpc) is 3.08. The van der Waals surface area contributed by atoms with Crippen molar-refractivity contribution in [2.45, 2.75) is 51.5 Å². The smallest absolute Gasteiger partial charge is 0.330 e. The second kappa shape index (κ2) is 9.71. The van der Waals surface area contributed by atoms with Crippen LogP contribution in [0.5, 0.6) is 0 Å². The number of H-pyrrole nitrogens is 1. The number of aryl methyl sites for hydroxylation is 1. The van der Waals surface area contributed by atoms with Gasteiger partial charge in [-0.25, -0.2) is 4.79 Å². The first-order valence-corrected chi connectivity index (χ1v) is 10.1. The summed E-state index contributed by atoms with van der Waals surface area (Å²) in [5.41, 5.74) is 0.607. The van der Waals surface area contributed by atoms with Crippen LogP contribution in [0.15, 0.2) is 40.1 Å². The third-order valence-electron chi connectivity index (χ3n) is 5.12. The molecule has 10 heteroatoms. The largest absolute Gasteiger partial charge is 0.390 e. The SMILES string of the molecule is CCc1cn([C@H]2C[C@H](O)[C@@H](CNC(=O)Cc3ccccc3NC(C)=O)O2)c(=O)[nH]c1=O. The molecule has 2 aromatic rings. The summed E-state index contributed by atoms with van der Waals surface area (Å²) in [6, 6.07) is 6.99. The van der Waals surface area contributed by atoms with Crippen LogP contribution >= 0.6 is 0 Å². The maximum atomic E-state index is 12.4. The van der Waals surface area contributed by atoms with Crippen molar-refractivity contribution in [2.75, 3.05) is 11.9 Å². The normalized spacial score (nSPS) is 20.4. The zero-order valence-corrected chi connectivity index (χ0v) is 17.4. The Hall–Kier alpha value is -3.24. The molecule has 31 heavy (non-hydrogen) atoms. The molecule has 3 rings (SSSR count). The summed E-state index contributed by atoms with van der Waals surface area (Å²) in [6.45, 7) is 3.24. The fourth-order valence-corrected chi connectivity index (χ4v) is 3.50. The van der Waals surface area contributed by atoms with Crippen LogP contribution in [0.25, 0.3) is 0 Å². The molecule has 1 aromatic heterocycles. The van der Waals surface area contributed by atoms with Crippen molar-refractivity contribution >= 4 is 17.5 Å². The topological polar surface area (TPSA) is 143 Å². The molecule has 0 aliphatic carbocycles. The maximum absolute atomic E-state index is 12.4. The summed E-state index contributed by atoms with van der Waals surface area (Å²) < 4.78 is 7.03. The zero-order valence-electron chi connectivity index (χ0n) is 17.4. The Labute approximate surface area is 178 Å². The number of aliphatic hydroxyl groups is 1. The van der Waals surface area contributed by atoms with Crippen LogP contribution in [-0.4, -0.2) is 45.2 Å². The minimum atomic E-state index is -0.888. The van der Waals surface area contributed by atoms with Gasteiger partial charge in [0.15, 0.2) is 0 Å². The Bertz CT molecular complexity index is 1080.